The van der Waals surface area contributed by atoms with Gasteiger partial charge in [-0.15, -0.1) is 0 Å². The molecule has 1 unspecified atom stereocenters. The van der Waals surface area contributed by atoms with E-state index in [-0.39, 0.29) is 5.60 Å². The molecular formula is C13H17N3O3. The second kappa shape index (κ2) is 4.71. The number of nitrogens with one attached hydrogen (secondary N) is 1. The molecule has 0 bridgehead atoms. The van der Waals surface area contributed by atoms with Gasteiger partial charge in [0.05, 0.1) is 13.2 Å². The van der Waals surface area contributed by atoms with Crippen LogP contribution in [0.3, 0.4) is 0 Å². The lowest BCUT2D eigenvalue weighted by molar-refractivity contribution is -0.00651. The normalized spacial score (nSPS) is 23.0. The van der Waals surface area contributed by atoms with Crippen LogP contribution >= 0.6 is 0 Å². The Labute approximate surface area is 110 Å². The molecule has 0 spiro atoms. The molecule has 6 heteroatoms. The third-order valence-electron chi connectivity index (χ3n) is 3.47. The van der Waals surface area contributed by atoms with Gasteiger partial charge in [-0.2, -0.15) is 4.98 Å². The minimum absolute atomic E-state index is 0.292. The van der Waals surface area contributed by atoms with E-state index in [0.29, 0.717) is 30.4 Å². The number of benzene rings is 1. The molecule has 1 atom stereocenters. The molecule has 1 fully saturated rings. The fourth-order valence-electron chi connectivity index (χ4n) is 2.22. The van der Waals surface area contributed by atoms with E-state index in [0.717, 1.165) is 18.5 Å². The highest BCUT2D eigenvalue weighted by Crippen LogP contribution is 2.25. The standard InChI is InChI=1S/C13H17N3O3/c1-17-13(4-5-18-8-13)7-15-12-16-10-6-9(14)2-3-11(10)19-12/h2-3,6H,4-5,7-8,14H2,1H3,(H,15,16). The van der Waals surface area contributed by atoms with Crippen molar-refractivity contribution in [3.8, 4) is 0 Å². The van der Waals surface area contributed by atoms with Crippen LogP contribution in [0.25, 0.3) is 11.1 Å². The van der Waals surface area contributed by atoms with E-state index < -0.39 is 0 Å². The number of anilines is 2. The van der Waals surface area contributed by atoms with Gasteiger partial charge in [-0.05, 0) is 18.2 Å². The Balaban J connectivity index is 1.74. The number of ether oxygens (including phenoxy) is 2. The summed E-state index contributed by atoms with van der Waals surface area (Å²) < 4.78 is 16.5. The molecule has 0 aliphatic carbocycles. The lowest BCUT2D eigenvalue weighted by Gasteiger charge is -2.25. The summed E-state index contributed by atoms with van der Waals surface area (Å²) in [6.07, 6.45) is 0.865. The fraction of sp³-hybridized carbons (Fsp3) is 0.462. The Morgan fingerprint density at radius 2 is 2.42 bits per heavy atom. The highest BCUT2D eigenvalue weighted by molar-refractivity contribution is 5.78. The van der Waals surface area contributed by atoms with Crippen LogP contribution in [-0.2, 0) is 9.47 Å². The van der Waals surface area contributed by atoms with E-state index in [2.05, 4.69) is 10.3 Å². The molecule has 102 valence electrons. The van der Waals surface area contributed by atoms with Crippen LogP contribution in [0, 0.1) is 0 Å². The van der Waals surface area contributed by atoms with Gasteiger partial charge in [0.15, 0.2) is 5.58 Å². The zero-order chi connectivity index (χ0) is 13.3. The van der Waals surface area contributed by atoms with Crippen molar-refractivity contribution in [1.29, 1.82) is 0 Å². The van der Waals surface area contributed by atoms with Crippen molar-refractivity contribution in [3.63, 3.8) is 0 Å². The smallest absolute Gasteiger partial charge is 0.295 e. The number of hydrogen-bond donors (Lipinski definition) is 2. The summed E-state index contributed by atoms with van der Waals surface area (Å²) >= 11 is 0. The molecule has 2 heterocycles. The van der Waals surface area contributed by atoms with Crippen LogP contribution in [0.4, 0.5) is 11.7 Å². The van der Waals surface area contributed by atoms with Crippen molar-refractivity contribution >= 4 is 22.8 Å². The summed E-state index contributed by atoms with van der Waals surface area (Å²) in [5.41, 5.74) is 7.55. The second-order valence-corrected chi connectivity index (χ2v) is 4.79. The van der Waals surface area contributed by atoms with E-state index in [1.807, 2.05) is 6.07 Å². The number of fused-ring (bicyclic) bond motifs is 1. The maximum absolute atomic E-state index is 5.71. The molecule has 2 aromatic rings. The largest absolute Gasteiger partial charge is 0.424 e. The van der Waals surface area contributed by atoms with Crippen LogP contribution in [0.15, 0.2) is 22.6 Å². The third kappa shape index (κ3) is 2.36. The first kappa shape index (κ1) is 12.3. The number of rotatable bonds is 4. The maximum Gasteiger partial charge on any atom is 0.295 e. The molecule has 0 saturated carbocycles. The quantitative estimate of drug-likeness (QED) is 0.816. The molecule has 3 rings (SSSR count). The molecule has 19 heavy (non-hydrogen) atoms. The van der Waals surface area contributed by atoms with Gasteiger partial charge < -0.3 is 24.9 Å². The highest BCUT2D eigenvalue weighted by Gasteiger charge is 2.35. The van der Waals surface area contributed by atoms with Crippen LogP contribution in [0.2, 0.25) is 0 Å². The fourth-order valence-corrected chi connectivity index (χ4v) is 2.22. The van der Waals surface area contributed by atoms with E-state index >= 15 is 0 Å². The number of methoxy groups -OCH3 is 1. The van der Waals surface area contributed by atoms with E-state index in [9.17, 15) is 0 Å². The SMILES string of the molecule is COC1(CNc2nc3cc(N)ccc3o2)CCOC1. The molecule has 3 N–H and O–H groups in total. The molecule has 1 saturated heterocycles. The van der Waals surface area contributed by atoms with Gasteiger partial charge in [-0.3, -0.25) is 0 Å². The predicted octanol–water partition coefficient (Wildman–Crippen LogP) is 1.63. The Bertz CT molecular complexity index is 576. The van der Waals surface area contributed by atoms with Gasteiger partial charge in [0.25, 0.3) is 6.01 Å². The van der Waals surface area contributed by atoms with E-state index in [1.54, 1.807) is 19.2 Å². The van der Waals surface area contributed by atoms with Gasteiger partial charge in [-0.25, -0.2) is 0 Å². The number of hydrogen-bond acceptors (Lipinski definition) is 6. The Hall–Kier alpha value is -1.79. The first-order chi connectivity index (χ1) is 9.21. The minimum Gasteiger partial charge on any atom is -0.424 e. The number of oxazole rings is 1. The van der Waals surface area contributed by atoms with Crippen molar-refractivity contribution in [2.45, 2.75) is 12.0 Å². The molecular weight excluding hydrogens is 246 g/mol. The molecule has 1 aliphatic heterocycles. The first-order valence-corrected chi connectivity index (χ1v) is 6.24. The Morgan fingerprint density at radius 1 is 1.53 bits per heavy atom. The lowest BCUT2D eigenvalue weighted by Crippen LogP contribution is -2.39. The summed E-state index contributed by atoms with van der Waals surface area (Å²) in [6, 6.07) is 5.87. The van der Waals surface area contributed by atoms with Gasteiger partial charge in [-0.1, -0.05) is 0 Å². The third-order valence-corrected chi connectivity index (χ3v) is 3.47. The van der Waals surface area contributed by atoms with Crippen molar-refractivity contribution in [2.75, 3.05) is 37.9 Å². The Morgan fingerprint density at radius 3 is 3.16 bits per heavy atom. The van der Waals surface area contributed by atoms with Gasteiger partial charge in [0, 0.05) is 25.8 Å². The van der Waals surface area contributed by atoms with Crippen LogP contribution in [-0.4, -0.2) is 37.5 Å². The van der Waals surface area contributed by atoms with E-state index in [1.165, 1.54) is 0 Å². The average molecular weight is 263 g/mol. The monoisotopic (exact) mass is 263 g/mol. The van der Waals surface area contributed by atoms with Crippen LogP contribution in [0.5, 0.6) is 0 Å². The lowest BCUT2D eigenvalue weighted by atomic mass is 10.0. The number of nitrogens with zero attached hydrogens (tertiary/aromatic N) is 1. The van der Waals surface area contributed by atoms with Crippen molar-refractivity contribution in [3.05, 3.63) is 18.2 Å². The predicted molar refractivity (Wildman–Crippen MR) is 72.1 cm³/mol. The van der Waals surface area contributed by atoms with Crippen molar-refractivity contribution < 1.29 is 13.9 Å². The summed E-state index contributed by atoms with van der Waals surface area (Å²) in [5, 5.41) is 3.16. The van der Waals surface area contributed by atoms with Crippen LogP contribution < -0.4 is 11.1 Å². The second-order valence-electron chi connectivity index (χ2n) is 4.79. The maximum atomic E-state index is 5.71. The van der Waals surface area contributed by atoms with Gasteiger partial charge in [0.2, 0.25) is 0 Å². The van der Waals surface area contributed by atoms with Crippen LogP contribution in [0.1, 0.15) is 6.42 Å². The molecule has 0 radical (unpaired) electrons. The summed E-state index contributed by atoms with van der Waals surface area (Å²) in [7, 11) is 1.70. The molecule has 1 aromatic heterocycles. The summed E-state index contributed by atoms with van der Waals surface area (Å²) in [5.74, 6) is 0. The summed E-state index contributed by atoms with van der Waals surface area (Å²) in [4.78, 5) is 4.35. The zero-order valence-corrected chi connectivity index (χ0v) is 10.8. The first-order valence-electron chi connectivity index (χ1n) is 6.24. The number of nitrogens with two attached hydrogens (primary N) is 1. The van der Waals surface area contributed by atoms with Crippen molar-refractivity contribution in [1.82, 2.24) is 4.98 Å². The molecule has 0 amide bonds. The topological polar surface area (TPSA) is 82.5 Å². The molecule has 6 nitrogen and oxygen atoms in total. The minimum atomic E-state index is -0.292. The van der Waals surface area contributed by atoms with E-state index in [4.69, 9.17) is 19.6 Å². The molecule has 1 aliphatic rings. The van der Waals surface area contributed by atoms with Gasteiger partial charge >= 0.3 is 0 Å². The van der Waals surface area contributed by atoms with Gasteiger partial charge in [0.1, 0.15) is 11.1 Å². The number of nitrogen functional groups attached to an aromatic ring is 1. The highest BCUT2D eigenvalue weighted by atomic mass is 16.5. The zero-order valence-electron chi connectivity index (χ0n) is 10.8. The number of aromatic nitrogens is 1. The van der Waals surface area contributed by atoms with Crippen molar-refractivity contribution in [2.24, 2.45) is 0 Å². The Kier molecular flexibility index (Phi) is 3.04. The average Bonchev–Trinajstić information content (AvgIpc) is 3.02. The molecule has 1 aromatic carbocycles. The summed E-state index contributed by atoms with van der Waals surface area (Å²) in [6.45, 7) is 1.91.